The summed E-state index contributed by atoms with van der Waals surface area (Å²) in [5.74, 6) is 0.773. The molecule has 2 amide bonds. The summed E-state index contributed by atoms with van der Waals surface area (Å²) in [6.07, 6.45) is 0.983. The second-order valence-electron chi connectivity index (χ2n) is 7.05. The lowest BCUT2D eigenvalue weighted by Crippen LogP contribution is -2.18. The van der Waals surface area contributed by atoms with Gasteiger partial charge in [0.25, 0.3) is 5.91 Å². The number of nitrogens with one attached hydrogen (secondary N) is 3. The van der Waals surface area contributed by atoms with Crippen LogP contribution in [0, 0.1) is 0 Å². The van der Waals surface area contributed by atoms with Crippen molar-refractivity contribution in [3.8, 4) is 17.2 Å². The van der Waals surface area contributed by atoms with Gasteiger partial charge in [0, 0.05) is 18.3 Å². The zero-order valence-corrected chi connectivity index (χ0v) is 19.0. The third-order valence-electron chi connectivity index (χ3n) is 4.29. The molecule has 0 fully saturated rings. The molecule has 3 N–H and O–H groups in total. The quantitative estimate of drug-likeness (QED) is 0.457. The van der Waals surface area contributed by atoms with Crippen LogP contribution in [-0.4, -0.2) is 33.6 Å². The number of methoxy groups -OCH3 is 1. The van der Waals surface area contributed by atoms with Crippen LogP contribution in [0.4, 0.5) is 17.1 Å². The third kappa shape index (κ3) is 6.71. The maximum Gasteiger partial charge on any atom is 0.257 e. The van der Waals surface area contributed by atoms with Gasteiger partial charge in [0.2, 0.25) is 15.9 Å². The molecule has 0 saturated carbocycles. The highest BCUT2D eigenvalue weighted by Crippen LogP contribution is 2.31. The largest absolute Gasteiger partial charge is 0.493 e. The molecule has 3 aromatic rings. The van der Waals surface area contributed by atoms with Gasteiger partial charge in [0.05, 0.1) is 24.6 Å². The van der Waals surface area contributed by atoms with E-state index in [1.165, 1.54) is 25.1 Å². The fraction of sp³-hybridized carbons (Fsp3) is 0.130. The normalized spacial score (nSPS) is 10.8. The van der Waals surface area contributed by atoms with Crippen molar-refractivity contribution < 1.29 is 27.5 Å². The number of hydrogen-bond acceptors (Lipinski definition) is 6. The van der Waals surface area contributed by atoms with Gasteiger partial charge in [-0.2, -0.15) is 0 Å². The van der Waals surface area contributed by atoms with E-state index >= 15 is 0 Å². The minimum Gasteiger partial charge on any atom is -0.493 e. The van der Waals surface area contributed by atoms with Gasteiger partial charge in [0.1, 0.15) is 5.75 Å². The van der Waals surface area contributed by atoms with Gasteiger partial charge in [-0.05, 0) is 54.6 Å². The number of amides is 2. The van der Waals surface area contributed by atoms with Crippen LogP contribution >= 0.6 is 0 Å². The number of rotatable bonds is 8. The minimum atomic E-state index is -3.63. The number of benzene rings is 3. The molecular formula is C23H23N3O6S. The molecule has 0 bridgehead atoms. The fourth-order valence-electron chi connectivity index (χ4n) is 2.94. The Bertz CT molecular complexity index is 1270. The van der Waals surface area contributed by atoms with Crippen LogP contribution in [0.3, 0.4) is 0 Å². The molecule has 33 heavy (non-hydrogen) atoms. The average molecular weight is 470 g/mol. The van der Waals surface area contributed by atoms with Crippen molar-refractivity contribution in [3.05, 3.63) is 72.3 Å². The number of anilines is 3. The predicted octanol–water partition coefficient (Wildman–Crippen LogP) is 4.07. The van der Waals surface area contributed by atoms with E-state index in [0.29, 0.717) is 28.6 Å². The van der Waals surface area contributed by atoms with Gasteiger partial charge < -0.3 is 20.1 Å². The number of carbonyl (C=O) groups excluding carboxylic acids is 2. The molecule has 172 valence electrons. The molecule has 3 rings (SSSR count). The first-order valence-electron chi connectivity index (χ1n) is 9.76. The van der Waals surface area contributed by atoms with Crippen LogP contribution in [0.15, 0.2) is 66.7 Å². The zero-order chi connectivity index (χ0) is 24.0. The smallest absolute Gasteiger partial charge is 0.257 e. The van der Waals surface area contributed by atoms with Crippen LogP contribution < -0.4 is 24.8 Å². The summed E-state index contributed by atoms with van der Waals surface area (Å²) < 4.78 is 36.8. The van der Waals surface area contributed by atoms with E-state index < -0.39 is 15.9 Å². The standard InChI is InChI=1S/C23H23N3O6S/c1-15(27)24-17-10-13-20(26-33(3,29)30)19(14-17)23(28)25-16-8-11-18(12-9-16)32-22-7-5-4-6-21(22)31-2/h4-14,26H,1-3H3,(H,24,27)(H,25,28). The molecule has 0 aliphatic carbocycles. The van der Waals surface area contributed by atoms with Crippen molar-refractivity contribution in [2.45, 2.75) is 6.92 Å². The molecular weight excluding hydrogens is 446 g/mol. The first-order chi connectivity index (χ1) is 15.6. The topological polar surface area (TPSA) is 123 Å². The lowest BCUT2D eigenvalue weighted by molar-refractivity contribution is -0.114. The molecule has 10 heteroatoms. The van der Waals surface area contributed by atoms with E-state index in [1.807, 2.05) is 12.1 Å². The number of carbonyl (C=O) groups is 2. The second-order valence-corrected chi connectivity index (χ2v) is 8.80. The van der Waals surface area contributed by atoms with E-state index in [4.69, 9.17) is 9.47 Å². The average Bonchev–Trinajstić information content (AvgIpc) is 2.75. The van der Waals surface area contributed by atoms with Gasteiger partial charge in [-0.25, -0.2) is 8.42 Å². The fourth-order valence-corrected chi connectivity index (χ4v) is 3.51. The molecule has 0 radical (unpaired) electrons. The third-order valence-corrected chi connectivity index (χ3v) is 4.88. The monoisotopic (exact) mass is 469 g/mol. The van der Waals surface area contributed by atoms with E-state index in [1.54, 1.807) is 43.5 Å². The van der Waals surface area contributed by atoms with Crippen LogP contribution in [0.25, 0.3) is 0 Å². The van der Waals surface area contributed by atoms with Crippen LogP contribution in [0.5, 0.6) is 17.2 Å². The Hall–Kier alpha value is -4.05. The summed E-state index contributed by atoms with van der Waals surface area (Å²) in [5.41, 5.74) is 0.941. The van der Waals surface area contributed by atoms with Gasteiger partial charge in [-0.1, -0.05) is 12.1 Å². The van der Waals surface area contributed by atoms with Crippen molar-refractivity contribution >= 4 is 38.9 Å². The first kappa shape index (κ1) is 23.6. The molecule has 0 atom stereocenters. The molecule has 0 heterocycles. The lowest BCUT2D eigenvalue weighted by Gasteiger charge is -2.14. The SMILES string of the molecule is COc1ccccc1Oc1ccc(NC(=O)c2cc(NC(C)=O)ccc2NS(C)(=O)=O)cc1. The van der Waals surface area contributed by atoms with Crippen molar-refractivity contribution in [2.75, 3.05) is 28.7 Å². The van der Waals surface area contributed by atoms with Gasteiger partial charge >= 0.3 is 0 Å². The predicted molar refractivity (Wildman–Crippen MR) is 127 cm³/mol. The van der Waals surface area contributed by atoms with E-state index in [-0.39, 0.29) is 17.2 Å². The van der Waals surface area contributed by atoms with Crippen LogP contribution in [0.2, 0.25) is 0 Å². The highest BCUT2D eigenvalue weighted by Gasteiger charge is 2.16. The summed E-state index contributed by atoms with van der Waals surface area (Å²) >= 11 is 0. The summed E-state index contributed by atoms with van der Waals surface area (Å²) in [6.45, 7) is 1.33. The molecule has 0 aliphatic rings. The Morgan fingerprint density at radius 2 is 1.48 bits per heavy atom. The summed E-state index contributed by atoms with van der Waals surface area (Å²) in [4.78, 5) is 24.3. The first-order valence-corrected chi connectivity index (χ1v) is 11.7. The molecule has 3 aromatic carbocycles. The van der Waals surface area contributed by atoms with Gasteiger partial charge in [0.15, 0.2) is 11.5 Å². The number of ether oxygens (including phenoxy) is 2. The zero-order valence-electron chi connectivity index (χ0n) is 18.2. The lowest BCUT2D eigenvalue weighted by atomic mass is 10.1. The van der Waals surface area contributed by atoms with Gasteiger partial charge in [-0.3, -0.25) is 14.3 Å². The summed E-state index contributed by atoms with van der Waals surface area (Å²) in [7, 11) is -2.08. The molecule has 0 spiro atoms. The number of para-hydroxylation sites is 2. The molecule has 0 saturated heterocycles. The maximum atomic E-state index is 12.9. The maximum absolute atomic E-state index is 12.9. The Morgan fingerprint density at radius 1 is 0.848 bits per heavy atom. The molecule has 0 aliphatic heterocycles. The van der Waals surface area contributed by atoms with Crippen molar-refractivity contribution in [1.82, 2.24) is 0 Å². The number of hydrogen-bond donors (Lipinski definition) is 3. The molecule has 0 aromatic heterocycles. The van der Waals surface area contributed by atoms with Crippen LogP contribution in [-0.2, 0) is 14.8 Å². The van der Waals surface area contributed by atoms with E-state index in [0.717, 1.165) is 6.26 Å². The molecule has 9 nitrogen and oxygen atoms in total. The van der Waals surface area contributed by atoms with E-state index in [9.17, 15) is 18.0 Å². The molecule has 0 unspecified atom stereocenters. The van der Waals surface area contributed by atoms with Gasteiger partial charge in [-0.15, -0.1) is 0 Å². The van der Waals surface area contributed by atoms with Crippen LogP contribution in [0.1, 0.15) is 17.3 Å². The Kier molecular flexibility index (Phi) is 7.19. The summed E-state index contributed by atoms with van der Waals surface area (Å²) in [6, 6.07) is 18.1. The van der Waals surface area contributed by atoms with Crippen molar-refractivity contribution in [3.63, 3.8) is 0 Å². The minimum absolute atomic E-state index is 0.0426. The summed E-state index contributed by atoms with van der Waals surface area (Å²) in [5, 5.41) is 5.28. The van der Waals surface area contributed by atoms with E-state index in [2.05, 4.69) is 15.4 Å². The highest BCUT2D eigenvalue weighted by molar-refractivity contribution is 7.92. The highest BCUT2D eigenvalue weighted by atomic mass is 32.2. The number of sulfonamides is 1. The Morgan fingerprint density at radius 3 is 2.09 bits per heavy atom. The second kappa shape index (κ2) is 10.0. The van der Waals surface area contributed by atoms with Crippen molar-refractivity contribution in [2.24, 2.45) is 0 Å². The Balaban J connectivity index is 1.80. The Labute approximate surface area is 191 Å². The van der Waals surface area contributed by atoms with Crippen molar-refractivity contribution in [1.29, 1.82) is 0 Å².